The highest BCUT2D eigenvalue weighted by molar-refractivity contribution is 9.12. The minimum atomic E-state index is -1.36. The van der Waals surface area contributed by atoms with Gasteiger partial charge in [-0.25, -0.2) is 4.79 Å². The van der Waals surface area contributed by atoms with Crippen LogP contribution in [0.3, 0.4) is 0 Å². The van der Waals surface area contributed by atoms with Gasteiger partial charge in [-0.2, -0.15) is 0 Å². The summed E-state index contributed by atoms with van der Waals surface area (Å²) in [7, 11) is -1.36. The number of hydrogen-bond donors (Lipinski definition) is 0. The molecule has 0 saturated carbocycles. The van der Waals surface area contributed by atoms with Crippen LogP contribution < -0.4 is 0 Å². The first-order valence-electron chi connectivity index (χ1n) is 4.42. The standard InChI is InChI=1S/C10H15BrO2Si/c1-5-13-10(12)9(11)7-6-8-14(2,3)4/h7H,5H2,1-4H3/b9-7-. The van der Waals surface area contributed by atoms with Crippen LogP contribution in [0.25, 0.3) is 0 Å². The summed E-state index contributed by atoms with van der Waals surface area (Å²) in [6.07, 6.45) is 1.55. The van der Waals surface area contributed by atoms with Crippen LogP contribution in [0.15, 0.2) is 10.6 Å². The van der Waals surface area contributed by atoms with E-state index in [1.807, 2.05) is 0 Å². The van der Waals surface area contributed by atoms with Gasteiger partial charge in [0.15, 0.2) is 0 Å². The lowest BCUT2D eigenvalue weighted by Gasteiger charge is -2.02. The third-order valence-electron chi connectivity index (χ3n) is 1.12. The fourth-order valence-corrected chi connectivity index (χ4v) is 1.31. The smallest absolute Gasteiger partial charge is 0.345 e. The molecule has 2 nitrogen and oxygen atoms in total. The van der Waals surface area contributed by atoms with Crippen molar-refractivity contribution in [3.05, 3.63) is 10.6 Å². The minimum absolute atomic E-state index is 0.364. The van der Waals surface area contributed by atoms with Gasteiger partial charge in [0.1, 0.15) is 12.6 Å². The molecule has 0 atom stereocenters. The molecular weight excluding hydrogens is 260 g/mol. The summed E-state index contributed by atoms with van der Waals surface area (Å²) in [6.45, 7) is 8.58. The number of allylic oxidation sites excluding steroid dienone is 1. The second kappa shape index (κ2) is 6.05. The number of esters is 1. The van der Waals surface area contributed by atoms with Gasteiger partial charge in [-0.1, -0.05) is 25.6 Å². The van der Waals surface area contributed by atoms with Gasteiger partial charge in [0, 0.05) is 6.08 Å². The van der Waals surface area contributed by atoms with Gasteiger partial charge >= 0.3 is 5.97 Å². The van der Waals surface area contributed by atoms with Gasteiger partial charge in [-0.3, -0.25) is 0 Å². The van der Waals surface area contributed by atoms with E-state index in [1.54, 1.807) is 13.0 Å². The molecule has 0 radical (unpaired) electrons. The summed E-state index contributed by atoms with van der Waals surface area (Å²) in [5.41, 5.74) is 3.12. The SMILES string of the molecule is CCOC(=O)/C(Br)=C/C#C[Si](C)(C)C. The predicted molar refractivity (Wildman–Crippen MR) is 64.8 cm³/mol. The van der Waals surface area contributed by atoms with Gasteiger partial charge in [0.25, 0.3) is 0 Å². The fraction of sp³-hybridized carbons (Fsp3) is 0.500. The highest BCUT2D eigenvalue weighted by Gasteiger charge is 2.08. The Balaban J connectivity index is 4.37. The molecule has 0 aliphatic heterocycles. The Hall–Kier alpha value is -0.533. The third kappa shape index (κ3) is 6.93. The van der Waals surface area contributed by atoms with Crippen LogP contribution in [0.2, 0.25) is 19.6 Å². The Kier molecular flexibility index (Phi) is 5.82. The number of carbonyl (C=O) groups excluding carboxylic acids is 1. The molecule has 0 aliphatic rings. The van der Waals surface area contributed by atoms with Crippen molar-refractivity contribution in [2.75, 3.05) is 6.61 Å². The maximum atomic E-state index is 11.1. The highest BCUT2D eigenvalue weighted by atomic mass is 79.9. The van der Waals surface area contributed by atoms with E-state index < -0.39 is 8.07 Å². The summed E-state index contributed by atoms with van der Waals surface area (Å²) >= 11 is 3.11. The zero-order chi connectivity index (χ0) is 11.2. The molecule has 78 valence electrons. The normalized spacial score (nSPS) is 11.6. The molecule has 0 aromatic rings. The molecule has 14 heavy (non-hydrogen) atoms. The molecule has 0 fully saturated rings. The zero-order valence-electron chi connectivity index (χ0n) is 8.98. The lowest BCUT2D eigenvalue weighted by molar-refractivity contribution is -0.137. The molecule has 0 spiro atoms. The summed E-state index contributed by atoms with van der Waals surface area (Å²) in [4.78, 5) is 11.1. The Labute approximate surface area is 94.9 Å². The number of ether oxygens (including phenoxy) is 1. The predicted octanol–water partition coefficient (Wildman–Crippen LogP) is 2.71. The Morgan fingerprint density at radius 2 is 2.07 bits per heavy atom. The van der Waals surface area contributed by atoms with Crippen LogP contribution in [0.4, 0.5) is 0 Å². The number of hydrogen-bond acceptors (Lipinski definition) is 2. The maximum absolute atomic E-state index is 11.1. The lowest BCUT2D eigenvalue weighted by Crippen LogP contribution is -2.16. The van der Waals surface area contributed by atoms with Gasteiger partial charge in [-0.15, -0.1) is 5.54 Å². The topological polar surface area (TPSA) is 26.3 Å². The summed E-state index contributed by atoms with van der Waals surface area (Å²) in [6, 6.07) is 0. The van der Waals surface area contributed by atoms with Crippen molar-refractivity contribution in [2.45, 2.75) is 26.6 Å². The van der Waals surface area contributed by atoms with Crippen molar-refractivity contribution in [3.63, 3.8) is 0 Å². The van der Waals surface area contributed by atoms with E-state index in [0.29, 0.717) is 11.1 Å². The molecular formula is C10H15BrO2Si. The van der Waals surface area contributed by atoms with Gasteiger partial charge in [0.2, 0.25) is 0 Å². The first kappa shape index (κ1) is 13.5. The first-order valence-corrected chi connectivity index (χ1v) is 8.71. The van der Waals surface area contributed by atoms with Crippen LogP contribution in [-0.2, 0) is 9.53 Å². The van der Waals surface area contributed by atoms with Crippen molar-refractivity contribution in [1.29, 1.82) is 0 Å². The van der Waals surface area contributed by atoms with Crippen molar-refractivity contribution in [3.8, 4) is 11.5 Å². The van der Waals surface area contributed by atoms with Crippen molar-refractivity contribution >= 4 is 30.0 Å². The van der Waals surface area contributed by atoms with Crippen molar-refractivity contribution in [2.24, 2.45) is 0 Å². The molecule has 0 aliphatic carbocycles. The molecule has 0 aromatic carbocycles. The van der Waals surface area contributed by atoms with E-state index in [-0.39, 0.29) is 5.97 Å². The largest absolute Gasteiger partial charge is 0.462 e. The molecule has 0 heterocycles. The zero-order valence-corrected chi connectivity index (χ0v) is 11.6. The summed E-state index contributed by atoms with van der Waals surface area (Å²) < 4.78 is 5.16. The molecule has 0 amide bonds. The quantitative estimate of drug-likeness (QED) is 0.335. The second-order valence-electron chi connectivity index (χ2n) is 3.73. The third-order valence-corrected chi connectivity index (χ3v) is 2.56. The molecule has 4 heteroatoms. The summed E-state index contributed by atoms with van der Waals surface area (Å²) in [5.74, 6) is 2.50. The van der Waals surface area contributed by atoms with Crippen LogP contribution >= 0.6 is 15.9 Å². The van der Waals surface area contributed by atoms with Gasteiger partial charge in [0.05, 0.1) is 6.61 Å². The monoisotopic (exact) mass is 274 g/mol. The lowest BCUT2D eigenvalue weighted by atomic mass is 10.5. The first-order chi connectivity index (χ1) is 6.37. The summed E-state index contributed by atoms with van der Waals surface area (Å²) in [5, 5.41) is 0. The number of rotatable bonds is 2. The number of halogens is 1. The molecule has 0 rings (SSSR count). The van der Waals surface area contributed by atoms with E-state index in [1.165, 1.54) is 0 Å². The average molecular weight is 275 g/mol. The van der Waals surface area contributed by atoms with Crippen LogP contribution in [0.5, 0.6) is 0 Å². The Morgan fingerprint density at radius 1 is 1.50 bits per heavy atom. The fourth-order valence-electron chi connectivity index (χ4n) is 0.575. The number of carbonyl (C=O) groups is 1. The second-order valence-corrected chi connectivity index (χ2v) is 9.34. The molecule has 0 bridgehead atoms. The van der Waals surface area contributed by atoms with E-state index in [4.69, 9.17) is 4.74 Å². The molecule has 0 aromatic heterocycles. The van der Waals surface area contributed by atoms with Crippen molar-refractivity contribution in [1.82, 2.24) is 0 Å². The molecule has 0 unspecified atom stereocenters. The van der Waals surface area contributed by atoms with E-state index >= 15 is 0 Å². The Morgan fingerprint density at radius 3 is 2.50 bits per heavy atom. The van der Waals surface area contributed by atoms with Crippen LogP contribution in [0, 0.1) is 11.5 Å². The van der Waals surface area contributed by atoms with E-state index in [0.717, 1.165) is 0 Å². The van der Waals surface area contributed by atoms with Crippen molar-refractivity contribution < 1.29 is 9.53 Å². The average Bonchev–Trinajstić information content (AvgIpc) is 2.02. The van der Waals surface area contributed by atoms with Crippen LogP contribution in [-0.4, -0.2) is 20.7 Å². The highest BCUT2D eigenvalue weighted by Crippen LogP contribution is 2.06. The Bertz CT molecular complexity index is 291. The molecule has 0 N–H and O–H groups in total. The van der Waals surface area contributed by atoms with E-state index in [9.17, 15) is 4.79 Å². The minimum Gasteiger partial charge on any atom is -0.462 e. The maximum Gasteiger partial charge on any atom is 0.345 e. The molecule has 0 saturated heterocycles. The van der Waals surface area contributed by atoms with Gasteiger partial charge < -0.3 is 4.74 Å². The van der Waals surface area contributed by atoms with Crippen LogP contribution in [0.1, 0.15) is 6.92 Å². The van der Waals surface area contributed by atoms with E-state index in [2.05, 4.69) is 47.0 Å². The van der Waals surface area contributed by atoms with Gasteiger partial charge in [-0.05, 0) is 22.9 Å².